The van der Waals surface area contributed by atoms with Crippen LogP contribution in [0.15, 0.2) is 48.6 Å². The molecular formula is C55H98Cl2O4Si4Zr. The first-order valence-corrected chi connectivity index (χ1v) is 38.8. The number of hydrogen-bond acceptors (Lipinski definition) is 4. The van der Waals surface area contributed by atoms with Gasteiger partial charge in [-0.2, -0.15) is 0 Å². The molecule has 0 radical (unpaired) electrons. The van der Waals surface area contributed by atoms with Crippen LogP contribution in [-0.2, 0) is 30.1 Å². The predicted molar refractivity (Wildman–Crippen MR) is 304 cm³/mol. The average Bonchev–Trinajstić information content (AvgIpc) is 3.74. The summed E-state index contributed by atoms with van der Waals surface area (Å²) >= 11 is -2.99. The van der Waals surface area contributed by atoms with E-state index in [9.17, 15) is 0 Å². The minimum atomic E-state index is -2.99. The number of fused-ring (bicyclic) bond motifs is 2. The molecule has 4 nitrogen and oxygen atoms in total. The molecule has 2 atom stereocenters. The van der Waals surface area contributed by atoms with Gasteiger partial charge in [-0.1, -0.05) is 0 Å². The van der Waals surface area contributed by atoms with E-state index in [1.165, 1.54) is 22.3 Å². The van der Waals surface area contributed by atoms with Crippen molar-refractivity contribution in [2.75, 3.05) is 0 Å². The van der Waals surface area contributed by atoms with Crippen LogP contribution in [0, 0.1) is 0 Å². The van der Waals surface area contributed by atoms with Gasteiger partial charge in [0, 0.05) is 0 Å². The van der Waals surface area contributed by atoms with Crippen molar-refractivity contribution in [3.8, 4) is 11.5 Å². The maximum atomic E-state index is 7.81. The second-order valence-corrected chi connectivity index (χ2v) is 51.1. The monoisotopic (exact) mass is 1090 g/mol. The second-order valence-electron chi connectivity index (χ2n) is 23.7. The first kappa shape index (κ1) is 61.4. The molecule has 4 rings (SSSR count). The van der Waals surface area contributed by atoms with Crippen LogP contribution in [-0.4, -0.2) is 37.5 Å². The SMILES string of the molecule is Cl.Cl.[CH2]=[Zr]([CH]1C=C(O[Si](C(C)C)(C(C)C)C(C)C)c2cccc(O[Si](C(C)C)(C(C)C)C(C)C)c21)[CH]1C=C(O[Si](C(C)C)(C(C)C)C(C)C)c2cccc(O[Si](C(C)C)(C(C)C)C(C)C)c21. The number of hydrogen-bond donors (Lipinski definition) is 0. The van der Waals surface area contributed by atoms with Crippen molar-refractivity contribution in [3.05, 3.63) is 70.8 Å². The summed E-state index contributed by atoms with van der Waals surface area (Å²) in [6.07, 6.45) is 5.14. The Morgan fingerprint density at radius 2 is 0.576 bits per heavy atom. The first-order chi connectivity index (χ1) is 29.5. The van der Waals surface area contributed by atoms with Crippen LogP contribution in [0.25, 0.3) is 11.5 Å². The summed E-state index contributed by atoms with van der Waals surface area (Å²) < 4.78 is 37.0. The summed E-state index contributed by atoms with van der Waals surface area (Å²) in [6, 6.07) is 13.8. The Labute approximate surface area is 431 Å². The van der Waals surface area contributed by atoms with Gasteiger partial charge in [0.1, 0.15) is 0 Å². The van der Waals surface area contributed by atoms with Crippen LogP contribution < -0.4 is 8.85 Å². The third-order valence-corrected chi connectivity index (χ3v) is 46.8. The van der Waals surface area contributed by atoms with Crippen molar-refractivity contribution >= 4 is 73.8 Å². The fraction of sp³-hybridized carbons (Fsp3) is 0.691. The van der Waals surface area contributed by atoms with Gasteiger partial charge in [-0.15, -0.1) is 24.8 Å². The van der Waals surface area contributed by atoms with E-state index in [-0.39, 0.29) is 32.1 Å². The van der Waals surface area contributed by atoms with Crippen LogP contribution in [0.5, 0.6) is 11.5 Å². The third kappa shape index (κ3) is 10.7. The van der Waals surface area contributed by atoms with E-state index in [0.29, 0.717) is 66.5 Å². The molecule has 66 heavy (non-hydrogen) atoms. The summed E-state index contributed by atoms with van der Waals surface area (Å²) in [6.45, 7) is 57.7. The molecule has 2 aromatic carbocycles. The quantitative estimate of drug-likeness (QED) is 0.110. The van der Waals surface area contributed by atoms with Gasteiger partial charge >= 0.3 is 410 Å². The summed E-state index contributed by atoms with van der Waals surface area (Å²) in [5.41, 5.74) is 10.6. The molecule has 0 N–H and O–H groups in total. The summed E-state index contributed by atoms with van der Waals surface area (Å²) in [5.74, 6) is 4.32. The number of allylic oxidation sites excluding steroid dienone is 2. The Balaban J connectivity index is 0.00000748. The van der Waals surface area contributed by atoms with Crippen molar-refractivity contribution in [1.29, 1.82) is 0 Å². The van der Waals surface area contributed by atoms with E-state index >= 15 is 0 Å². The molecule has 0 saturated carbocycles. The van der Waals surface area contributed by atoms with Crippen molar-refractivity contribution < 1.29 is 39.0 Å². The molecule has 0 saturated heterocycles. The molecule has 0 bridgehead atoms. The minimum absolute atomic E-state index is 0. The molecule has 376 valence electrons. The molecule has 0 aromatic heterocycles. The van der Waals surface area contributed by atoms with E-state index in [4.69, 9.17) is 21.9 Å². The third-order valence-electron chi connectivity index (χ3n) is 16.7. The molecular weight excluding hydrogens is 999 g/mol. The van der Waals surface area contributed by atoms with Crippen LogP contribution in [0.3, 0.4) is 0 Å². The molecule has 2 unspecified atom stereocenters. The molecule has 2 aliphatic rings. The molecule has 0 aliphatic heterocycles. The topological polar surface area (TPSA) is 36.9 Å². The van der Waals surface area contributed by atoms with Gasteiger partial charge in [-0.3, -0.25) is 0 Å². The van der Waals surface area contributed by atoms with E-state index in [2.05, 4.69) is 215 Å². The van der Waals surface area contributed by atoms with Gasteiger partial charge in [-0.05, 0) is 0 Å². The standard InChI is InChI=1S/2C27H47O2Si2.CH2.2ClH.Zr/c2*1-18(2)30(19(3)4,20(5)6)28-26-15-13-14-24-25(26)16-17-27(24)29-31(21(7)8,22(9)10)23(11)12;;;;/h2*13-23H,1-12H3;1H2;2*1H;. The van der Waals surface area contributed by atoms with Crippen LogP contribution in [0.1, 0.15) is 196 Å². The fourth-order valence-electron chi connectivity index (χ4n) is 14.1. The maximum absolute atomic E-state index is 7.81. The van der Waals surface area contributed by atoms with Gasteiger partial charge < -0.3 is 0 Å². The first-order valence-electron chi connectivity index (χ1n) is 25.7. The van der Waals surface area contributed by atoms with Crippen LogP contribution in [0.4, 0.5) is 0 Å². The van der Waals surface area contributed by atoms with Gasteiger partial charge in [0.2, 0.25) is 0 Å². The molecule has 0 heterocycles. The van der Waals surface area contributed by atoms with Gasteiger partial charge in [-0.25, -0.2) is 0 Å². The van der Waals surface area contributed by atoms with E-state index in [1.54, 1.807) is 0 Å². The Morgan fingerprint density at radius 3 is 0.788 bits per heavy atom. The van der Waals surface area contributed by atoms with Crippen molar-refractivity contribution in [1.82, 2.24) is 0 Å². The van der Waals surface area contributed by atoms with E-state index < -0.39 is 54.5 Å². The van der Waals surface area contributed by atoms with Gasteiger partial charge in [0.05, 0.1) is 0 Å². The zero-order chi connectivity index (χ0) is 48.8. The second kappa shape index (κ2) is 23.7. The fourth-order valence-corrected chi connectivity index (χ4v) is 41.2. The summed E-state index contributed by atoms with van der Waals surface area (Å²) in [4.78, 5) is 0. The van der Waals surface area contributed by atoms with Gasteiger partial charge in [0.15, 0.2) is 0 Å². The molecule has 11 heteroatoms. The Morgan fingerprint density at radius 1 is 0.364 bits per heavy atom. The number of benzene rings is 2. The summed E-state index contributed by atoms with van der Waals surface area (Å²) in [7, 11) is -9.27. The molecule has 2 aromatic rings. The Hall–Kier alpha value is -0.679. The number of halogens is 2. The van der Waals surface area contributed by atoms with E-state index in [1.807, 2.05) is 0 Å². The number of rotatable bonds is 22. The molecule has 0 fully saturated rings. The van der Waals surface area contributed by atoms with Crippen LogP contribution in [0.2, 0.25) is 66.5 Å². The molecule has 0 spiro atoms. The zero-order valence-corrected chi connectivity index (χ0v) is 54.4. The summed E-state index contributed by atoms with van der Waals surface area (Å²) in [5, 5.41) is 0. The zero-order valence-electron chi connectivity index (χ0n) is 46.4. The normalized spacial score (nSPS) is 16.9. The van der Waals surface area contributed by atoms with Gasteiger partial charge in [0.25, 0.3) is 0 Å². The van der Waals surface area contributed by atoms with E-state index in [0.717, 1.165) is 23.0 Å². The van der Waals surface area contributed by atoms with Crippen molar-refractivity contribution in [2.24, 2.45) is 0 Å². The molecule has 0 amide bonds. The predicted octanol–water partition coefficient (Wildman–Crippen LogP) is 19.6. The Kier molecular flexibility index (Phi) is 22.1. The van der Waals surface area contributed by atoms with Crippen LogP contribution >= 0.6 is 24.8 Å². The van der Waals surface area contributed by atoms with Crippen molar-refractivity contribution in [2.45, 2.75) is 240 Å². The molecule has 2 aliphatic carbocycles. The Bertz CT molecular complexity index is 1770. The van der Waals surface area contributed by atoms with Crippen molar-refractivity contribution in [3.63, 3.8) is 0 Å². The average molecular weight is 1100 g/mol.